The molecule has 1 rings (SSSR count). The summed E-state index contributed by atoms with van der Waals surface area (Å²) in [6.45, 7) is 4.80. The van der Waals surface area contributed by atoms with Gasteiger partial charge in [-0.15, -0.1) is 0 Å². The Morgan fingerprint density at radius 1 is 1.33 bits per heavy atom. The van der Waals surface area contributed by atoms with Crippen molar-refractivity contribution >= 4 is 11.6 Å². The number of hydrogen-bond donors (Lipinski definition) is 1. The summed E-state index contributed by atoms with van der Waals surface area (Å²) >= 11 is 0. The molecule has 0 fully saturated rings. The first-order valence-electron chi connectivity index (χ1n) is 7.24. The van der Waals surface area contributed by atoms with E-state index < -0.39 is 5.60 Å². The van der Waals surface area contributed by atoms with Crippen LogP contribution in [0, 0.1) is 0 Å². The number of methoxy groups -OCH3 is 2. The van der Waals surface area contributed by atoms with Gasteiger partial charge >= 0.3 is 0 Å². The molecule has 118 valence electrons. The Kier molecular flexibility index (Phi) is 6.65. The van der Waals surface area contributed by atoms with Gasteiger partial charge in [0.1, 0.15) is 11.4 Å². The molecule has 2 N–H and O–H groups in total. The average molecular weight is 294 g/mol. The molecule has 0 saturated carbocycles. The van der Waals surface area contributed by atoms with E-state index in [0.29, 0.717) is 31.7 Å². The number of carbonyl (C=O) groups excluding carboxylic acids is 1. The Morgan fingerprint density at radius 3 is 2.52 bits per heavy atom. The molecular formula is C16H26N2O3. The van der Waals surface area contributed by atoms with Gasteiger partial charge in [-0.3, -0.25) is 4.79 Å². The summed E-state index contributed by atoms with van der Waals surface area (Å²) in [5, 5.41) is 0. The highest BCUT2D eigenvalue weighted by Gasteiger charge is 2.36. The normalized spacial score (nSPS) is 13.6. The Labute approximate surface area is 127 Å². The second kappa shape index (κ2) is 8.00. The second-order valence-corrected chi connectivity index (χ2v) is 5.06. The minimum atomic E-state index is -0.852. The fourth-order valence-corrected chi connectivity index (χ4v) is 2.10. The number of benzene rings is 1. The minimum absolute atomic E-state index is 0.0783. The summed E-state index contributed by atoms with van der Waals surface area (Å²) in [7, 11) is 3.16. The van der Waals surface area contributed by atoms with E-state index in [1.165, 1.54) is 0 Å². The number of amides is 1. The van der Waals surface area contributed by atoms with Gasteiger partial charge in [0.2, 0.25) is 0 Å². The molecule has 1 unspecified atom stereocenters. The van der Waals surface area contributed by atoms with Crippen LogP contribution in [0.1, 0.15) is 26.7 Å². The summed E-state index contributed by atoms with van der Waals surface area (Å²) in [5.41, 5.74) is 5.49. The maximum Gasteiger partial charge on any atom is 0.259 e. The molecule has 1 amide bonds. The van der Waals surface area contributed by atoms with Crippen LogP contribution >= 0.6 is 0 Å². The molecule has 0 aliphatic rings. The van der Waals surface area contributed by atoms with E-state index in [4.69, 9.17) is 15.2 Å². The van der Waals surface area contributed by atoms with Crippen molar-refractivity contribution in [2.24, 2.45) is 5.73 Å². The maximum atomic E-state index is 12.9. The molecule has 1 aromatic carbocycles. The fraction of sp³-hybridized carbons (Fsp3) is 0.562. The van der Waals surface area contributed by atoms with Gasteiger partial charge in [-0.05, 0) is 38.4 Å². The molecular weight excluding hydrogens is 268 g/mol. The van der Waals surface area contributed by atoms with Crippen LogP contribution in [0.3, 0.4) is 0 Å². The lowest BCUT2D eigenvalue weighted by Crippen LogP contribution is -2.49. The van der Waals surface area contributed by atoms with Crippen LogP contribution < -0.4 is 15.4 Å². The van der Waals surface area contributed by atoms with E-state index >= 15 is 0 Å². The molecule has 0 saturated heterocycles. The predicted octanol–water partition coefficient (Wildman–Crippen LogP) is 2.19. The molecule has 0 heterocycles. The van der Waals surface area contributed by atoms with Crippen molar-refractivity contribution in [1.29, 1.82) is 0 Å². The third kappa shape index (κ3) is 3.95. The highest BCUT2D eigenvalue weighted by molar-refractivity contribution is 6.00. The zero-order valence-electron chi connectivity index (χ0n) is 13.4. The van der Waals surface area contributed by atoms with Crippen molar-refractivity contribution in [1.82, 2.24) is 0 Å². The highest BCUT2D eigenvalue weighted by atomic mass is 16.5. The average Bonchev–Trinajstić information content (AvgIpc) is 2.54. The lowest BCUT2D eigenvalue weighted by Gasteiger charge is -2.33. The number of hydrogen-bond acceptors (Lipinski definition) is 4. The summed E-state index contributed by atoms with van der Waals surface area (Å²) in [6, 6.07) is 7.48. The van der Waals surface area contributed by atoms with Crippen molar-refractivity contribution in [3.05, 3.63) is 24.3 Å². The lowest BCUT2D eigenvalue weighted by molar-refractivity contribution is -0.138. The number of anilines is 1. The number of carbonyl (C=O) groups is 1. The summed E-state index contributed by atoms with van der Waals surface area (Å²) < 4.78 is 10.8. The van der Waals surface area contributed by atoms with E-state index in [2.05, 4.69) is 0 Å². The lowest BCUT2D eigenvalue weighted by atomic mass is 10.0. The van der Waals surface area contributed by atoms with E-state index in [9.17, 15) is 4.79 Å². The van der Waals surface area contributed by atoms with Crippen molar-refractivity contribution in [3.63, 3.8) is 0 Å². The van der Waals surface area contributed by atoms with E-state index in [1.54, 1.807) is 26.0 Å². The van der Waals surface area contributed by atoms with Gasteiger partial charge in [-0.25, -0.2) is 0 Å². The Hall–Kier alpha value is -1.59. The van der Waals surface area contributed by atoms with Gasteiger partial charge in [0, 0.05) is 13.7 Å². The molecule has 0 aliphatic carbocycles. The van der Waals surface area contributed by atoms with Crippen LogP contribution in [0.4, 0.5) is 5.69 Å². The molecule has 5 nitrogen and oxygen atoms in total. The van der Waals surface area contributed by atoms with Crippen LogP contribution in [-0.4, -0.2) is 38.8 Å². The Morgan fingerprint density at radius 2 is 2.00 bits per heavy atom. The third-order valence-corrected chi connectivity index (χ3v) is 3.78. The minimum Gasteiger partial charge on any atom is -0.495 e. The zero-order valence-corrected chi connectivity index (χ0v) is 13.4. The van der Waals surface area contributed by atoms with Gasteiger partial charge in [-0.2, -0.15) is 0 Å². The smallest absolute Gasteiger partial charge is 0.259 e. The topological polar surface area (TPSA) is 64.8 Å². The standard InChI is InChI=1S/C16H26N2O3/c1-5-16(2,21-4)15(19)18(12-8-11-17)13-9-6-7-10-14(13)20-3/h6-7,9-10H,5,8,11-12,17H2,1-4H3. The molecule has 5 heteroatoms. The largest absolute Gasteiger partial charge is 0.495 e. The molecule has 0 aromatic heterocycles. The zero-order chi connectivity index (χ0) is 15.9. The van der Waals surface area contributed by atoms with Crippen LogP contribution in [-0.2, 0) is 9.53 Å². The van der Waals surface area contributed by atoms with Gasteiger partial charge < -0.3 is 20.1 Å². The molecule has 0 radical (unpaired) electrons. The second-order valence-electron chi connectivity index (χ2n) is 5.06. The molecule has 1 aromatic rings. The van der Waals surface area contributed by atoms with E-state index in [-0.39, 0.29) is 5.91 Å². The molecule has 1 atom stereocenters. The SMILES string of the molecule is CCC(C)(OC)C(=O)N(CCCN)c1ccccc1OC. The van der Waals surface area contributed by atoms with Crippen molar-refractivity contribution in [2.45, 2.75) is 32.3 Å². The van der Waals surface area contributed by atoms with E-state index in [1.807, 2.05) is 31.2 Å². The number of nitrogens with zero attached hydrogens (tertiary/aromatic N) is 1. The van der Waals surface area contributed by atoms with E-state index in [0.717, 1.165) is 5.69 Å². The van der Waals surface area contributed by atoms with Crippen LogP contribution in [0.15, 0.2) is 24.3 Å². The van der Waals surface area contributed by atoms with Gasteiger partial charge in [0.25, 0.3) is 5.91 Å². The summed E-state index contributed by atoms with van der Waals surface area (Å²) in [4.78, 5) is 14.6. The number of rotatable bonds is 8. The van der Waals surface area contributed by atoms with Gasteiger partial charge in [0.05, 0.1) is 12.8 Å². The number of nitrogens with two attached hydrogens (primary N) is 1. The molecule has 0 bridgehead atoms. The van der Waals surface area contributed by atoms with Crippen LogP contribution in [0.5, 0.6) is 5.75 Å². The van der Waals surface area contributed by atoms with Gasteiger partial charge in [0.15, 0.2) is 0 Å². The predicted molar refractivity (Wildman–Crippen MR) is 84.7 cm³/mol. The molecule has 0 aliphatic heterocycles. The van der Waals surface area contributed by atoms with Crippen molar-refractivity contribution in [3.8, 4) is 5.75 Å². The van der Waals surface area contributed by atoms with Crippen molar-refractivity contribution < 1.29 is 14.3 Å². The Bertz CT molecular complexity index is 459. The third-order valence-electron chi connectivity index (χ3n) is 3.78. The first-order chi connectivity index (χ1) is 10.0. The van der Waals surface area contributed by atoms with Crippen molar-refractivity contribution in [2.75, 3.05) is 32.2 Å². The number of para-hydroxylation sites is 2. The highest BCUT2D eigenvalue weighted by Crippen LogP contribution is 2.31. The monoisotopic (exact) mass is 294 g/mol. The summed E-state index contributed by atoms with van der Waals surface area (Å²) in [5.74, 6) is 0.586. The van der Waals surface area contributed by atoms with Gasteiger partial charge in [-0.1, -0.05) is 19.1 Å². The maximum absolute atomic E-state index is 12.9. The first kappa shape index (κ1) is 17.5. The van der Waals surface area contributed by atoms with Crippen LogP contribution in [0.2, 0.25) is 0 Å². The van der Waals surface area contributed by atoms with Crippen LogP contribution in [0.25, 0.3) is 0 Å². The summed E-state index contributed by atoms with van der Waals surface area (Å²) in [6.07, 6.45) is 1.31. The quantitative estimate of drug-likeness (QED) is 0.798. The molecule has 0 spiro atoms. The fourth-order valence-electron chi connectivity index (χ4n) is 2.10. The number of ether oxygens (including phenoxy) is 2. The Balaban J connectivity index is 3.19. The molecule has 21 heavy (non-hydrogen) atoms. The first-order valence-corrected chi connectivity index (χ1v) is 7.24.